The molecule has 106 valence electrons. The summed E-state index contributed by atoms with van der Waals surface area (Å²) < 4.78 is 21.7. The van der Waals surface area contributed by atoms with Crippen LogP contribution in [0.3, 0.4) is 0 Å². The second-order valence-electron chi connectivity index (χ2n) is 4.14. The molecule has 0 aliphatic carbocycles. The molecule has 0 saturated heterocycles. The second-order valence-corrected chi connectivity index (χ2v) is 7.80. The predicted octanol–water partition coefficient (Wildman–Crippen LogP) is 2.02. The third-order valence-corrected chi connectivity index (χ3v) is 6.01. The standard InChI is InChI=1S/C11H14ClNO5S/c1-3-19(17,18)11(2,12)10(14)8-4-6-9(7-5-8)13(15)16/h4-7,10,14H,3H2,1-2H3/t10-,11+/m1/s1. The third kappa shape index (κ3) is 3.05. The maximum absolute atomic E-state index is 11.8. The average Bonchev–Trinajstić information content (AvgIpc) is 2.37. The molecule has 0 aliphatic rings. The zero-order valence-electron chi connectivity index (χ0n) is 10.4. The van der Waals surface area contributed by atoms with Crippen LogP contribution in [0.2, 0.25) is 0 Å². The fourth-order valence-electron chi connectivity index (χ4n) is 1.53. The Balaban J connectivity index is 3.13. The molecule has 0 radical (unpaired) electrons. The molecular weight excluding hydrogens is 294 g/mol. The summed E-state index contributed by atoms with van der Waals surface area (Å²) in [6, 6.07) is 4.94. The molecule has 0 saturated carbocycles. The van der Waals surface area contributed by atoms with Gasteiger partial charge in [0.2, 0.25) is 0 Å². The van der Waals surface area contributed by atoms with E-state index in [1.165, 1.54) is 38.1 Å². The molecule has 0 heterocycles. The Morgan fingerprint density at radius 1 is 1.42 bits per heavy atom. The second kappa shape index (κ2) is 5.44. The highest BCUT2D eigenvalue weighted by Crippen LogP contribution is 2.37. The van der Waals surface area contributed by atoms with Crippen molar-refractivity contribution < 1.29 is 18.4 Å². The van der Waals surface area contributed by atoms with Gasteiger partial charge in [-0.05, 0) is 24.6 Å². The molecular formula is C11H14ClNO5S. The highest BCUT2D eigenvalue weighted by atomic mass is 35.5. The van der Waals surface area contributed by atoms with Crippen LogP contribution in [-0.4, -0.2) is 28.4 Å². The molecule has 0 aromatic heterocycles. The quantitative estimate of drug-likeness (QED) is 0.510. The first-order chi connectivity index (χ1) is 8.63. The molecule has 1 aromatic rings. The number of nitro benzene ring substituents is 1. The van der Waals surface area contributed by atoms with E-state index in [4.69, 9.17) is 11.6 Å². The van der Waals surface area contributed by atoms with E-state index in [1.807, 2.05) is 0 Å². The van der Waals surface area contributed by atoms with E-state index in [-0.39, 0.29) is 17.0 Å². The summed E-state index contributed by atoms with van der Waals surface area (Å²) in [6.07, 6.45) is -1.47. The molecule has 0 amide bonds. The summed E-state index contributed by atoms with van der Waals surface area (Å²) in [4.78, 5) is 9.92. The van der Waals surface area contributed by atoms with E-state index in [1.54, 1.807) is 0 Å². The van der Waals surface area contributed by atoms with Crippen LogP contribution >= 0.6 is 11.6 Å². The lowest BCUT2D eigenvalue weighted by molar-refractivity contribution is -0.384. The number of sulfone groups is 1. The Labute approximate surface area is 116 Å². The van der Waals surface area contributed by atoms with Crippen molar-refractivity contribution in [2.24, 2.45) is 0 Å². The number of nitro groups is 1. The zero-order valence-corrected chi connectivity index (χ0v) is 12.0. The molecule has 0 fully saturated rings. The number of aliphatic hydroxyl groups is 1. The van der Waals surface area contributed by atoms with Crippen LogP contribution in [0.25, 0.3) is 0 Å². The zero-order chi connectivity index (χ0) is 14.8. The first-order valence-corrected chi connectivity index (χ1v) is 7.50. The number of halogens is 1. The first-order valence-electron chi connectivity index (χ1n) is 5.47. The highest BCUT2D eigenvalue weighted by Gasteiger charge is 2.43. The molecule has 1 N–H and O–H groups in total. The number of nitrogens with zero attached hydrogens (tertiary/aromatic N) is 1. The van der Waals surface area contributed by atoms with Gasteiger partial charge in [0.05, 0.1) is 4.92 Å². The minimum absolute atomic E-state index is 0.148. The lowest BCUT2D eigenvalue weighted by Gasteiger charge is -2.27. The van der Waals surface area contributed by atoms with Crippen molar-refractivity contribution >= 4 is 27.1 Å². The van der Waals surface area contributed by atoms with Gasteiger partial charge < -0.3 is 5.11 Å². The number of hydrogen-bond acceptors (Lipinski definition) is 5. The molecule has 19 heavy (non-hydrogen) atoms. The largest absolute Gasteiger partial charge is 0.385 e. The van der Waals surface area contributed by atoms with Crippen molar-refractivity contribution in [2.45, 2.75) is 24.2 Å². The maximum Gasteiger partial charge on any atom is 0.269 e. The minimum atomic E-state index is -3.69. The Bertz CT molecular complexity index is 567. The van der Waals surface area contributed by atoms with Gasteiger partial charge in [-0.1, -0.05) is 18.5 Å². The Morgan fingerprint density at radius 3 is 2.26 bits per heavy atom. The number of benzene rings is 1. The lowest BCUT2D eigenvalue weighted by Crippen LogP contribution is -2.37. The summed E-state index contributed by atoms with van der Waals surface area (Å²) >= 11 is 5.94. The molecule has 8 heteroatoms. The minimum Gasteiger partial charge on any atom is -0.385 e. The summed E-state index contributed by atoms with van der Waals surface area (Å²) in [7, 11) is -3.69. The number of rotatable bonds is 5. The molecule has 0 spiro atoms. The fraction of sp³-hybridized carbons (Fsp3) is 0.455. The first kappa shape index (κ1) is 15.9. The van der Waals surface area contributed by atoms with Crippen molar-refractivity contribution in [3.8, 4) is 0 Å². The maximum atomic E-state index is 11.8. The van der Waals surface area contributed by atoms with Crippen molar-refractivity contribution in [1.82, 2.24) is 0 Å². The summed E-state index contributed by atoms with van der Waals surface area (Å²) in [5, 5.41) is 20.6. The van der Waals surface area contributed by atoms with Crippen LogP contribution in [0, 0.1) is 10.1 Å². The van der Waals surface area contributed by atoms with Crippen LogP contribution in [0.4, 0.5) is 5.69 Å². The topological polar surface area (TPSA) is 97.5 Å². The van der Waals surface area contributed by atoms with E-state index in [0.29, 0.717) is 0 Å². The Kier molecular flexibility index (Phi) is 4.54. The number of non-ortho nitro benzene ring substituents is 1. The Hall–Kier alpha value is -1.18. The van der Waals surface area contributed by atoms with Gasteiger partial charge in [-0.3, -0.25) is 10.1 Å². The SMILES string of the molecule is CCS(=O)(=O)[C@](C)(Cl)[C@H](O)c1ccc([N+](=O)[O-])cc1. The average molecular weight is 308 g/mol. The van der Waals surface area contributed by atoms with Crippen LogP contribution in [0.15, 0.2) is 24.3 Å². The van der Waals surface area contributed by atoms with Crippen molar-refractivity contribution in [3.05, 3.63) is 39.9 Å². The molecule has 0 bridgehead atoms. The van der Waals surface area contributed by atoms with Crippen LogP contribution in [0.5, 0.6) is 0 Å². The van der Waals surface area contributed by atoms with E-state index in [0.717, 1.165) is 0 Å². The van der Waals surface area contributed by atoms with E-state index >= 15 is 0 Å². The normalized spacial score (nSPS) is 16.6. The lowest BCUT2D eigenvalue weighted by atomic mass is 10.1. The van der Waals surface area contributed by atoms with Crippen LogP contribution in [-0.2, 0) is 9.84 Å². The summed E-state index contributed by atoms with van der Waals surface area (Å²) in [5.74, 6) is -0.211. The summed E-state index contributed by atoms with van der Waals surface area (Å²) in [6.45, 7) is 2.64. The predicted molar refractivity (Wildman–Crippen MR) is 71.8 cm³/mol. The molecule has 1 rings (SSSR count). The fourth-order valence-corrected chi connectivity index (χ4v) is 3.02. The van der Waals surface area contributed by atoms with Gasteiger partial charge in [-0.25, -0.2) is 8.42 Å². The van der Waals surface area contributed by atoms with Gasteiger partial charge in [-0.2, -0.15) is 0 Å². The van der Waals surface area contributed by atoms with Crippen LogP contribution in [0.1, 0.15) is 25.5 Å². The summed E-state index contributed by atoms with van der Waals surface area (Å²) in [5.41, 5.74) is 0.0608. The number of hydrogen-bond donors (Lipinski definition) is 1. The molecule has 0 unspecified atom stereocenters. The van der Waals surface area contributed by atoms with E-state index in [9.17, 15) is 23.6 Å². The van der Waals surface area contributed by atoms with Gasteiger partial charge in [0.25, 0.3) is 5.69 Å². The van der Waals surface area contributed by atoms with E-state index in [2.05, 4.69) is 0 Å². The monoisotopic (exact) mass is 307 g/mol. The molecule has 6 nitrogen and oxygen atoms in total. The van der Waals surface area contributed by atoms with Crippen molar-refractivity contribution in [1.29, 1.82) is 0 Å². The molecule has 1 aromatic carbocycles. The number of alkyl halides is 1. The van der Waals surface area contributed by atoms with Crippen molar-refractivity contribution in [2.75, 3.05) is 5.75 Å². The van der Waals surface area contributed by atoms with E-state index < -0.39 is 25.1 Å². The van der Waals surface area contributed by atoms with Crippen molar-refractivity contribution in [3.63, 3.8) is 0 Å². The van der Waals surface area contributed by atoms with Gasteiger partial charge in [0.15, 0.2) is 14.0 Å². The smallest absolute Gasteiger partial charge is 0.269 e. The number of aliphatic hydroxyl groups excluding tert-OH is 1. The highest BCUT2D eigenvalue weighted by molar-refractivity contribution is 7.94. The molecule has 2 atom stereocenters. The Morgan fingerprint density at radius 2 is 1.89 bits per heavy atom. The van der Waals surface area contributed by atoms with Gasteiger partial charge in [-0.15, -0.1) is 0 Å². The third-order valence-electron chi connectivity index (χ3n) is 2.90. The van der Waals surface area contributed by atoms with Gasteiger partial charge >= 0.3 is 0 Å². The van der Waals surface area contributed by atoms with Gasteiger partial charge in [0, 0.05) is 17.9 Å². The van der Waals surface area contributed by atoms with Gasteiger partial charge in [0.1, 0.15) is 6.10 Å². The molecule has 0 aliphatic heterocycles. The van der Waals surface area contributed by atoms with Crippen LogP contribution < -0.4 is 0 Å².